The van der Waals surface area contributed by atoms with Crippen molar-refractivity contribution >= 4 is 11.8 Å². The van der Waals surface area contributed by atoms with Gasteiger partial charge in [0.15, 0.2) is 6.61 Å². The van der Waals surface area contributed by atoms with E-state index in [1.54, 1.807) is 0 Å². The van der Waals surface area contributed by atoms with Crippen LogP contribution in [0.25, 0.3) is 0 Å². The Labute approximate surface area is 194 Å². The molecule has 0 saturated heterocycles. The zero-order valence-corrected chi connectivity index (χ0v) is 19.1. The Morgan fingerprint density at radius 1 is 1.06 bits per heavy atom. The zero-order chi connectivity index (χ0) is 23.2. The molecule has 2 amide bonds. The van der Waals surface area contributed by atoms with Gasteiger partial charge >= 0.3 is 0 Å². The van der Waals surface area contributed by atoms with Crippen LogP contribution in [0.3, 0.4) is 0 Å². The third-order valence-electron chi connectivity index (χ3n) is 5.56. The number of benzene rings is 2. The van der Waals surface area contributed by atoms with Crippen LogP contribution in [0.2, 0.25) is 0 Å². The number of hydrogen-bond donors (Lipinski definition) is 2. The molecule has 0 bridgehead atoms. The summed E-state index contributed by atoms with van der Waals surface area (Å²) in [7, 11) is 0. The van der Waals surface area contributed by atoms with Crippen LogP contribution in [0.5, 0.6) is 5.75 Å². The first-order chi connectivity index (χ1) is 16.0. The molecule has 1 heterocycles. The fourth-order valence-corrected chi connectivity index (χ4v) is 3.64. The molecule has 1 aliphatic carbocycles. The maximum Gasteiger partial charge on any atom is 0.258 e. The Bertz CT molecular complexity index is 1120. The Hall–Kier alpha value is -3.61. The summed E-state index contributed by atoms with van der Waals surface area (Å²) in [6.45, 7) is 5.20. The Kier molecular flexibility index (Phi) is 7.07. The monoisotopic (exact) mass is 446 g/mol. The molecule has 0 unspecified atom stereocenters. The number of aryl methyl sites for hydroxylation is 2. The Morgan fingerprint density at radius 3 is 2.55 bits per heavy atom. The number of nitrogens with one attached hydrogen (secondary N) is 2. The zero-order valence-electron chi connectivity index (χ0n) is 19.1. The van der Waals surface area contributed by atoms with Crippen molar-refractivity contribution < 1.29 is 14.3 Å². The van der Waals surface area contributed by atoms with Crippen LogP contribution in [-0.2, 0) is 17.8 Å². The number of hydrogen-bond acceptors (Lipinski definition) is 4. The molecule has 1 aliphatic rings. The fraction of sp³-hybridized carbons (Fsp3) is 0.346. The fourth-order valence-electron chi connectivity index (χ4n) is 3.64. The topological polar surface area (TPSA) is 85.2 Å². The van der Waals surface area contributed by atoms with Crippen LogP contribution < -0.4 is 15.4 Å². The van der Waals surface area contributed by atoms with E-state index in [-0.39, 0.29) is 18.4 Å². The van der Waals surface area contributed by atoms with E-state index in [9.17, 15) is 9.59 Å². The van der Waals surface area contributed by atoms with Gasteiger partial charge in [-0.2, -0.15) is 5.10 Å². The highest BCUT2D eigenvalue weighted by atomic mass is 16.5. The first kappa shape index (κ1) is 22.6. The molecule has 4 rings (SSSR count). The van der Waals surface area contributed by atoms with E-state index < -0.39 is 0 Å². The highest BCUT2D eigenvalue weighted by molar-refractivity contribution is 5.94. The lowest BCUT2D eigenvalue weighted by Gasteiger charge is -2.09. The van der Waals surface area contributed by atoms with E-state index in [4.69, 9.17) is 4.74 Å². The predicted molar refractivity (Wildman–Crippen MR) is 126 cm³/mol. The molecule has 7 heteroatoms. The number of carbonyl (C=O) groups is 2. The van der Waals surface area contributed by atoms with Gasteiger partial charge in [0.05, 0.1) is 12.2 Å². The number of nitrogens with zero attached hydrogens (tertiary/aromatic N) is 2. The number of amides is 2. The summed E-state index contributed by atoms with van der Waals surface area (Å²) < 4.78 is 7.47. The molecule has 0 atom stereocenters. The number of carbonyl (C=O) groups excluding carboxylic acids is 2. The molecule has 0 aliphatic heterocycles. The minimum Gasteiger partial charge on any atom is -0.484 e. The molecular weight excluding hydrogens is 416 g/mol. The van der Waals surface area contributed by atoms with Crippen molar-refractivity contribution in [3.8, 4) is 5.75 Å². The third-order valence-corrected chi connectivity index (χ3v) is 5.56. The Balaban J connectivity index is 1.22. The summed E-state index contributed by atoms with van der Waals surface area (Å²) in [5.74, 6) is 0.489. The van der Waals surface area contributed by atoms with Crippen molar-refractivity contribution in [3.05, 3.63) is 82.7 Å². The van der Waals surface area contributed by atoms with E-state index in [1.807, 2.05) is 73.1 Å². The van der Waals surface area contributed by atoms with Crippen molar-refractivity contribution in [2.45, 2.75) is 45.7 Å². The maximum atomic E-state index is 12.6. The second-order valence-corrected chi connectivity index (χ2v) is 8.57. The van der Waals surface area contributed by atoms with Crippen LogP contribution in [0, 0.1) is 13.8 Å². The van der Waals surface area contributed by atoms with Crippen LogP contribution >= 0.6 is 0 Å². The lowest BCUT2D eigenvalue weighted by molar-refractivity contribution is -0.123. The van der Waals surface area contributed by atoms with Crippen LogP contribution in [0.15, 0.2) is 54.6 Å². The first-order valence-electron chi connectivity index (χ1n) is 11.4. The Morgan fingerprint density at radius 2 is 1.85 bits per heavy atom. The molecular formula is C26H30N4O3. The summed E-state index contributed by atoms with van der Waals surface area (Å²) in [6.07, 6.45) is 2.83. The smallest absolute Gasteiger partial charge is 0.258 e. The second kappa shape index (κ2) is 10.3. The highest BCUT2D eigenvalue weighted by Crippen LogP contribution is 2.18. The van der Waals surface area contributed by atoms with E-state index >= 15 is 0 Å². The van der Waals surface area contributed by atoms with Crippen LogP contribution in [-0.4, -0.2) is 40.8 Å². The second-order valence-electron chi connectivity index (χ2n) is 8.57. The van der Waals surface area contributed by atoms with E-state index in [0.717, 1.165) is 35.4 Å². The van der Waals surface area contributed by atoms with E-state index in [1.165, 1.54) is 0 Å². The molecule has 1 fully saturated rings. The lowest BCUT2D eigenvalue weighted by Crippen LogP contribution is -2.30. The molecule has 33 heavy (non-hydrogen) atoms. The molecule has 3 aromatic rings. The van der Waals surface area contributed by atoms with Gasteiger partial charge in [0.1, 0.15) is 5.75 Å². The third kappa shape index (κ3) is 6.68. The molecule has 2 aromatic carbocycles. The molecule has 0 spiro atoms. The van der Waals surface area contributed by atoms with Gasteiger partial charge in [0.25, 0.3) is 11.8 Å². The molecule has 2 N–H and O–H groups in total. The average molecular weight is 447 g/mol. The average Bonchev–Trinajstić information content (AvgIpc) is 3.56. The molecule has 1 aromatic heterocycles. The minimum absolute atomic E-state index is 0.0323. The van der Waals surface area contributed by atoms with Crippen LogP contribution in [0.4, 0.5) is 0 Å². The van der Waals surface area contributed by atoms with Gasteiger partial charge in [-0.05, 0) is 74.6 Å². The predicted octanol–water partition coefficient (Wildman–Crippen LogP) is 3.18. The summed E-state index contributed by atoms with van der Waals surface area (Å²) in [5.41, 5.74) is 4.85. The lowest BCUT2D eigenvalue weighted by atomic mass is 10.1. The van der Waals surface area contributed by atoms with E-state index in [0.29, 0.717) is 36.9 Å². The summed E-state index contributed by atoms with van der Waals surface area (Å²) in [4.78, 5) is 24.3. The van der Waals surface area contributed by atoms with Crippen molar-refractivity contribution in [2.75, 3.05) is 13.2 Å². The van der Waals surface area contributed by atoms with Gasteiger partial charge in [0.2, 0.25) is 0 Å². The van der Waals surface area contributed by atoms with Crippen LogP contribution in [0.1, 0.15) is 45.7 Å². The first-order valence-corrected chi connectivity index (χ1v) is 11.4. The van der Waals surface area contributed by atoms with Gasteiger partial charge < -0.3 is 15.4 Å². The van der Waals surface area contributed by atoms with Crippen molar-refractivity contribution in [3.63, 3.8) is 0 Å². The highest BCUT2D eigenvalue weighted by Gasteiger charge is 2.23. The quantitative estimate of drug-likeness (QED) is 0.501. The SMILES string of the molecule is Cc1cc(C)n(Cc2cccc(C(=O)NCCc3ccc(OCC(=O)NC4CC4)cc3)c2)n1. The van der Waals surface area contributed by atoms with Gasteiger partial charge in [0, 0.05) is 23.8 Å². The number of rotatable bonds is 10. The van der Waals surface area contributed by atoms with Crippen molar-refractivity contribution in [1.29, 1.82) is 0 Å². The number of ether oxygens (including phenoxy) is 1. The number of aromatic nitrogens is 2. The van der Waals surface area contributed by atoms with Gasteiger partial charge in [-0.15, -0.1) is 0 Å². The summed E-state index contributed by atoms with van der Waals surface area (Å²) >= 11 is 0. The minimum atomic E-state index is -0.0909. The standard InChI is InChI=1S/C26H30N4O3/c1-18-14-19(2)30(29-18)16-21-4-3-5-22(15-21)26(32)27-13-12-20-6-10-24(11-7-20)33-17-25(31)28-23-8-9-23/h3-7,10-11,14-15,23H,8-9,12-13,16-17H2,1-2H3,(H,27,32)(H,28,31). The summed E-state index contributed by atoms with van der Waals surface area (Å²) in [5, 5.41) is 10.4. The van der Waals surface area contributed by atoms with Crippen molar-refractivity contribution in [1.82, 2.24) is 20.4 Å². The summed E-state index contributed by atoms with van der Waals surface area (Å²) in [6, 6.07) is 17.6. The molecule has 0 radical (unpaired) electrons. The van der Waals surface area contributed by atoms with Crippen molar-refractivity contribution in [2.24, 2.45) is 0 Å². The normalized spacial score (nSPS) is 12.9. The molecule has 1 saturated carbocycles. The van der Waals surface area contributed by atoms with Gasteiger partial charge in [-0.25, -0.2) is 0 Å². The largest absolute Gasteiger partial charge is 0.484 e. The maximum absolute atomic E-state index is 12.6. The van der Waals surface area contributed by atoms with Gasteiger partial charge in [-0.3, -0.25) is 14.3 Å². The molecule has 7 nitrogen and oxygen atoms in total. The van der Waals surface area contributed by atoms with Gasteiger partial charge in [-0.1, -0.05) is 24.3 Å². The van der Waals surface area contributed by atoms with E-state index in [2.05, 4.69) is 15.7 Å². The molecule has 172 valence electrons.